The van der Waals surface area contributed by atoms with E-state index < -0.39 is 11.0 Å². The maximum Gasteiger partial charge on any atom is 0.410 e. The fraction of sp³-hybridized carbons (Fsp3) is 0.778. The molecule has 126 valence electrons. The van der Waals surface area contributed by atoms with E-state index in [-0.39, 0.29) is 12.1 Å². The van der Waals surface area contributed by atoms with Crippen molar-refractivity contribution in [1.29, 1.82) is 0 Å². The van der Waals surface area contributed by atoms with Crippen molar-refractivity contribution in [3.05, 3.63) is 12.2 Å². The van der Waals surface area contributed by atoms with Crippen LogP contribution in [-0.4, -0.2) is 35.5 Å². The summed E-state index contributed by atoms with van der Waals surface area (Å²) in [5.74, 6) is 0. The second-order valence-electron chi connectivity index (χ2n) is 7.36. The van der Waals surface area contributed by atoms with Crippen LogP contribution >= 0.6 is 0 Å². The molecule has 0 spiro atoms. The minimum atomic E-state index is -0.638. The van der Waals surface area contributed by atoms with Gasteiger partial charge in [-0.3, -0.25) is 0 Å². The summed E-state index contributed by atoms with van der Waals surface area (Å²) in [7, 11) is 0. The Kier molecular flexibility index (Phi) is 6.64. The molecule has 0 aliphatic carbocycles. The normalized spacial score (nSPS) is 21.9. The van der Waals surface area contributed by atoms with Crippen molar-refractivity contribution in [2.45, 2.75) is 78.4 Å². The molecule has 0 aromatic carbocycles. The lowest BCUT2D eigenvalue weighted by Crippen LogP contribution is -2.47. The van der Waals surface area contributed by atoms with Crippen LogP contribution in [0.4, 0.5) is 4.79 Å². The summed E-state index contributed by atoms with van der Waals surface area (Å²) >= 11 is 0. The predicted molar refractivity (Wildman–Crippen MR) is 88.8 cm³/mol. The number of hydrogen-bond donors (Lipinski definition) is 0. The summed E-state index contributed by atoms with van der Waals surface area (Å²) in [5.41, 5.74) is -1.15. The molecule has 1 aliphatic heterocycles. The van der Waals surface area contributed by atoms with Crippen LogP contribution in [-0.2, 0) is 9.53 Å². The van der Waals surface area contributed by atoms with Crippen molar-refractivity contribution in [3.8, 4) is 0 Å². The van der Waals surface area contributed by atoms with Crippen molar-refractivity contribution in [1.82, 2.24) is 4.90 Å². The minimum Gasteiger partial charge on any atom is -0.444 e. The largest absolute Gasteiger partial charge is 0.444 e. The molecule has 1 amide bonds. The van der Waals surface area contributed by atoms with Gasteiger partial charge in [-0.05, 0) is 47.0 Å². The van der Waals surface area contributed by atoms with Gasteiger partial charge in [-0.25, -0.2) is 4.79 Å². The van der Waals surface area contributed by atoms with Gasteiger partial charge >= 0.3 is 6.09 Å². The molecule has 2 atom stereocenters. The van der Waals surface area contributed by atoms with E-state index in [0.29, 0.717) is 6.54 Å². The van der Waals surface area contributed by atoms with Gasteiger partial charge in [0.25, 0.3) is 0 Å². The van der Waals surface area contributed by atoms with Crippen LogP contribution in [0.25, 0.3) is 0 Å². The van der Waals surface area contributed by atoms with Gasteiger partial charge in [-0.2, -0.15) is 0 Å². The second-order valence-corrected chi connectivity index (χ2v) is 7.36. The molecule has 0 bridgehead atoms. The Hall–Kier alpha value is -1.32. The molecule has 0 radical (unpaired) electrons. The lowest BCUT2D eigenvalue weighted by atomic mass is 9.81. The number of hydrogen-bond acceptors (Lipinski definition) is 3. The van der Waals surface area contributed by atoms with E-state index in [0.717, 1.165) is 38.4 Å². The summed E-state index contributed by atoms with van der Waals surface area (Å²) in [5, 5.41) is 0. The van der Waals surface area contributed by atoms with E-state index in [4.69, 9.17) is 4.74 Å². The Morgan fingerprint density at radius 3 is 2.55 bits per heavy atom. The molecule has 1 rings (SSSR count). The number of carbonyl (C=O) groups excluding carboxylic acids is 2. The molecular weight excluding hydrogens is 278 g/mol. The van der Waals surface area contributed by atoms with Crippen molar-refractivity contribution >= 4 is 12.4 Å². The zero-order valence-corrected chi connectivity index (χ0v) is 14.7. The fourth-order valence-corrected chi connectivity index (χ4v) is 2.84. The first-order chi connectivity index (χ1) is 10.2. The molecule has 0 N–H and O–H groups in total. The highest BCUT2D eigenvalue weighted by molar-refractivity contribution is 5.72. The summed E-state index contributed by atoms with van der Waals surface area (Å²) in [6, 6.07) is -0.113. The van der Waals surface area contributed by atoms with Gasteiger partial charge in [-0.1, -0.05) is 31.9 Å². The maximum atomic E-state index is 12.4. The van der Waals surface area contributed by atoms with Crippen LogP contribution in [0.15, 0.2) is 12.2 Å². The van der Waals surface area contributed by atoms with Gasteiger partial charge in [0, 0.05) is 6.54 Å². The molecule has 1 aliphatic rings. The smallest absolute Gasteiger partial charge is 0.410 e. The van der Waals surface area contributed by atoms with Gasteiger partial charge in [0.15, 0.2) is 0 Å². The van der Waals surface area contributed by atoms with Crippen molar-refractivity contribution in [2.75, 3.05) is 6.54 Å². The predicted octanol–water partition coefficient (Wildman–Crippen LogP) is 4.34. The van der Waals surface area contributed by atoms with Gasteiger partial charge in [0.05, 0.1) is 11.5 Å². The highest BCUT2D eigenvalue weighted by Crippen LogP contribution is 2.34. The second kappa shape index (κ2) is 7.80. The standard InChI is InChI=1S/C18H31NO3/c1-6-7-8-9-12-18(5,14-20)15-11-10-13-19(15)16(21)22-17(2,3)4/h9,12,14-15H,6-8,10-11,13H2,1-5H3/b12-9+. The summed E-state index contributed by atoms with van der Waals surface area (Å²) in [4.78, 5) is 25.8. The van der Waals surface area contributed by atoms with Crippen LogP contribution in [0.1, 0.15) is 66.7 Å². The molecule has 0 aromatic heterocycles. The van der Waals surface area contributed by atoms with E-state index in [1.54, 1.807) is 4.90 Å². The van der Waals surface area contributed by atoms with Crippen molar-refractivity contribution in [2.24, 2.45) is 5.41 Å². The van der Waals surface area contributed by atoms with E-state index in [2.05, 4.69) is 13.0 Å². The summed E-state index contributed by atoms with van der Waals surface area (Å²) in [6.07, 6.45) is 9.68. The van der Waals surface area contributed by atoms with Gasteiger partial charge in [0.2, 0.25) is 0 Å². The minimum absolute atomic E-state index is 0.113. The van der Waals surface area contributed by atoms with Crippen LogP contribution in [0.5, 0.6) is 0 Å². The van der Waals surface area contributed by atoms with Crippen LogP contribution < -0.4 is 0 Å². The van der Waals surface area contributed by atoms with Crippen LogP contribution in [0.2, 0.25) is 0 Å². The zero-order valence-electron chi connectivity index (χ0n) is 14.7. The molecule has 1 heterocycles. The number of nitrogens with zero attached hydrogens (tertiary/aromatic N) is 1. The van der Waals surface area contributed by atoms with E-state index in [1.165, 1.54) is 0 Å². The molecular formula is C18H31NO3. The highest BCUT2D eigenvalue weighted by atomic mass is 16.6. The molecule has 4 heteroatoms. The number of carbonyl (C=O) groups is 2. The van der Waals surface area contributed by atoms with Gasteiger partial charge in [0.1, 0.15) is 11.9 Å². The topological polar surface area (TPSA) is 46.6 Å². The Bertz CT molecular complexity index is 411. The molecule has 1 fully saturated rings. The number of likely N-dealkylation sites (tertiary alicyclic amines) is 1. The fourth-order valence-electron chi connectivity index (χ4n) is 2.84. The summed E-state index contributed by atoms with van der Waals surface area (Å²) < 4.78 is 5.48. The molecule has 2 unspecified atom stereocenters. The van der Waals surface area contributed by atoms with Crippen LogP contribution in [0, 0.1) is 5.41 Å². The van der Waals surface area contributed by atoms with Crippen LogP contribution in [0.3, 0.4) is 0 Å². The Morgan fingerprint density at radius 1 is 1.32 bits per heavy atom. The number of unbranched alkanes of at least 4 members (excludes halogenated alkanes) is 2. The van der Waals surface area contributed by atoms with Crippen molar-refractivity contribution < 1.29 is 14.3 Å². The quantitative estimate of drug-likeness (QED) is 0.416. The molecule has 0 saturated carbocycles. The Morgan fingerprint density at radius 2 is 2.00 bits per heavy atom. The number of aldehydes is 1. The average Bonchev–Trinajstić information content (AvgIpc) is 2.91. The summed E-state index contributed by atoms with van der Waals surface area (Å²) in [6.45, 7) is 10.3. The highest BCUT2D eigenvalue weighted by Gasteiger charge is 2.42. The lowest BCUT2D eigenvalue weighted by molar-refractivity contribution is -0.115. The van der Waals surface area contributed by atoms with Crippen molar-refractivity contribution in [3.63, 3.8) is 0 Å². The number of amides is 1. The van der Waals surface area contributed by atoms with Gasteiger partial charge in [-0.15, -0.1) is 0 Å². The third-order valence-corrected chi connectivity index (χ3v) is 4.05. The van der Waals surface area contributed by atoms with E-state index in [9.17, 15) is 9.59 Å². The monoisotopic (exact) mass is 309 g/mol. The van der Waals surface area contributed by atoms with E-state index >= 15 is 0 Å². The zero-order chi connectivity index (χ0) is 16.8. The molecule has 22 heavy (non-hydrogen) atoms. The maximum absolute atomic E-state index is 12.4. The molecule has 0 aromatic rings. The Labute approximate surface area is 134 Å². The third-order valence-electron chi connectivity index (χ3n) is 4.05. The average molecular weight is 309 g/mol. The number of allylic oxidation sites excluding steroid dienone is 1. The first-order valence-electron chi connectivity index (χ1n) is 8.37. The number of ether oxygens (including phenoxy) is 1. The van der Waals surface area contributed by atoms with Gasteiger partial charge < -0.3 is 14.4 Å². The first kappa shape index (κ1) is 18.7. The van der Waals surface area contributed by atoms with E-state index in [1.807, 2.05) is 33.8 Å². The first-order valence-corrected chi connectivity index (χ1v) is 8.37. The number of rotatable bonds is 6. The Balaban J connectivity index is 2.83. The third kappa shape index (κ3) is 5.15. The SMILES string of the molecule is CCCC/C=C/C(C)(C=O)C1CCCN1C(=O)OC(C)(C)C. The molecule has 4 nitrogen and oxygen atoms in total. The molecule has 1 saturated heterocycles. The lowest BCUT2D eigenvalue weighted by Gasteiger charge is -2.35.